The van der Waals surface area contributed by atoms with Crippen LogP contribution in [-0.4, -0.2) is 51.2 Å². The molecule has 1 unspecified atom stereocenters. The number of allylic oxidation sites excluding steroid dienone is 11. The van der Waals surface area contributed by atoms with E-state index >= 15 is 0 Å². The Morgan fingerprint density at radius 3 is 2.48 bits per heavy atom. The first-order valence-corrected chi connectivity index (χ1v) is 20.3. The summed E-state index contributed by atoms with van der Waals surface area (Å²) in [4.78, 5) is 58.2. The normalized spacial score (nSPS) is 23.6. The van der Waals surface area contributed by atoms with Crippen LogP contribution in [0.4, 0.5) is 0 Å². The van der Waals surface area contributed by atoms with Gasteiger partial charge in [-0.3, -0.25) is 9.59 Å². The summed E-state index contributed by atoms with van der Waals surface area (Å²) in [5, 5.41) is 15.7. The van der Waals surface area contributed by atoms with E-state index in [1.54, 1.807) is 0 Å². The molecule has 6 heterocycles. The summed E-state index contributed by atoms with van der Waals surface area (Å²) in [7, 11) is 0. The van der Waals surface area contributed by atoms with Gasteiger partial charge >= 0.3 is 5.97 Å². The number of amides is 2. The van der Waals surface area contributed by atoms with E-state index in [0.717, 1.165) is 100 Å². The average molecular weight is 866 g/mol. The number of nitrogens with one attached hydrogen (secondary N) is 1. The first-order valence-electron chi connectivity index (χ1n) is 19.2. The predicted octanol–water partition coefficient (Wildman–Crippen LogP) is 8.26. The van der Waals surface area contributed by atoms with Crippen LogP contribution >= 0.6 is 22.6 Å². The van der Waals surface area contributed by atoms with Gasteiger partial charge in [0.25, 0.3) is 11.8 Å². The second-order valence-electron chi connectivity index (χ2n) is 15.2. The molecule has 2 saturated heterocycles. The van der Waals surface area contributed by atoms with E-state index in [1.165, 1.54) is 0 Å². The van der Waals surface area contributed by atoms with Crippen LogP contribution in [0.25, 0.3) is 0 Å². The quantitative estimate of drug-likeness (QED) is 0.188. The monoisotopic (exact) mass is 865 g/mol. The first kappa shape index (κ1) is 37.9. The molecule has 2 fully saturated rings. The number of halogens is 1. The molecule has 0 spiro atoms. The van der Waals surface area contributed by atoms with Crippen LogP contribution in [0.3, 0.4) is 0 Å². The smallest absolute Gasteiger partial charge is 0.333 e. The molecule has 8 bridgehead atoms. The van der Waals surface area contributed by atoms with Crippen LogP contribution in [0.15, 0.2) is 131 Å². The van der Waals surface area contributed by atoms with Crippen molar-refractivity contribution in [3.05, 3.63) is 125 Å². The number of benzene rings is 1. The van der Waals surface area contributed by atoms with Gasteiger partial charge in [0, 0.05) is 69.2 Å². The molecule has 1 aliphatic carbocycles. The number of nitrogens with zero attached hydrogens (tertiary/aromatic N) is 4. The van der Waals surface area contributed by atoms with Gasteiger partial charge in [-0.2, -0.15) is 0 Å². The molecule has 8 rings (SSSR count). The van der Waals surface area contributed by atoms with Crippen LogP contribution in [0.1, 0.15) is 85.6 Å². The van der Waals surface area contributed by atoms with Crippen molar-refractivity contribution >= 4 is 57.5 Å². The van der Waals surface area contributed by atoms with E-state index in [0.29, 0.717) is 24.5 Å². The lowest BCUT2D eigenvalue weighted by Gasteiger charge is -2.18. The standard InChI is InChI=1S/C44H44IN5O6/c1-7-28-21(2)31-19-36-41(25(6)55-20-26-9-8-10-27(45)15-26)23(4)33(47-36)17-32-22(3)29(11-14-40(54)56-50-38(52)12-13-39(50)53)43(48-32)30-16-37(51)42-24(5)34(49-44(30)42)18-35(28)46-31/h8-10,15,17-19,22,25,29,48,51H,7,11-14,16,20H2,1-6H3/t22-,25?,29-/m0/s1. The zero-order chi connectivity index (χ0) is 39.6. The minimum Gasteiger partial charge on any atom is -0.511 e. The Bertz CT molecular complexity index is 2360. The van der Waals surface area contributed by atoms with E-state index in [1.807, 2.05) is 19.1 Å². The Morgan fingerprint density at radius 2 is 1.75 bits per heavy atom. The van der Waals surface area contributed by atoms with Crippen LogP contribution in [0.5, 0.6) is 0 Å². The number of carbonyl (C=O) groups excluding carboxylic acids is 3. The van der Waals surface area contributed by atoms with Crippen molar-refractivity contribution in [1.29, 1.82) is 0 Å². The third-order valence-corrected chi connectivity index (χ3v) is 12.4. The van der Waals surface area contributed by atoms with E-state index < -0.39 is 17.8 Å². The number of aliphatic imine (C=N–C) groups is 3. The Hall–Kier alpha value is -4.95. The van der Waals surface area contributed by atoms with Gasteiger partial charge in [0.2, 0.25) is 0 Å². The number of carbonyl (C=O) groups is 3. The SMILES string of the molecule is CCC1=C(C)C2=NC1=CC1=C(C)C3=C(O)CC(=C4NC(=CC5=NC(=C2)C(C(C)OCc2cccc(I)c2)=C5C)[C@@H](C)[C@@H]4CCC(=O)ON2C(=O)CCC2=O)C3=N1. The third kappa shape index (κ3) is 6.70. The molecule has 11 nitrogen and oxygen atoms in total. The largest absolute Gasteiger partial charge is 0.511 e. The molecule has 6 aliphatic heterocycles. The number of aliphatic hydroxyl groups excluding tert-OH is 1. The lowest BCUT2D eigenvalue weighted by molar-refractivity contribution is -0.197. The Kier molecular flexibility index (Phi) is 10.1. The summed E-state index contributed by atoms with van der Waals surface area (Å²) in [6, 6.07) is 8.29. The summed E-state index contributed by atoms with van der Waals surface area (Å²) in [5.74, 6) is -1.71. The second-order valence-corrected chi connectivity index (χ2v) is 16.4. The number of hydrogen-bond acceptors (Lipinski definition) is 10. The maximum atomic E-state index is 13.1. The highest BCUT2D eigenvalue weighted by Gasteiger charge is 2.42. The van der Waals surface area contributed by atoms with Crippen molar-refractivity contribution in [2.75, 3.05) is 0 Å². The number of ether oxygens (including phenoxy) is 1. The van der Waals surface area contributed by atoms with Crippen molar-refractivity contribution in [3.63, 3.8) is 0 Å². The van der Waals surface area contributed by atoms with E-state index in [4.69, 9.17) is 24.6 Å². The number of fused-ring (bicyclic) bond motifs is 5. The average Bonchev–Trinajstić information content (AvgIpc) is 3.97. The Morgan fingerprint density at radius 1 is 1.02 bits per heavy atom. The zero-order valence-corrected chi connectivity index (χ0v) is 34.5. The highest BCUT2D eigenvalue weighted by atomic mass is 127. The molecule has 12 heteroatoms. The first-order chi connectivity index (χ1) is 26.8. The highest BCUT2D eigenvalue weighted by Crippen LogP contribution is 2.46. The van der Waals surface area contributed by atoms with Crippen LogP contribution in [0.2, 0.25) is 0 Å². The summed E-state index contributed by atoms with van der Waals surface area (Å²) in [5.41, 5.74) is 14.3. The maximum Gasteiger partial charge on any atom is 0.333 e. The molecule has 1 aromatic rings. The fraction of sp³-hybridized carbons (Fsp3) is 0.364. The Balaban J connectivity index is 1.22. The number of aliphatic hydroxyl groups is 1. The molecular weight excluding hydrogens is 821 g/mol. The number of hydroxylamine groups is 2. The lowest BCUT2D eigenvalue weighted by Crippen LogP contribution is -2.32. The summed E-state index contributed by atoms with van der Waals surface area (Å²) in [6.07, 6.45) is 7.37. The number of imide groups is 1. The van der Waals surface area contributed by atoms with Gasteiger partial charge in [-0.05, 0) is 121 Å². The minimum absolute atomic E-state index is 0.0248. The van der Waals surface area contributed by atoms with Crippen LogP contribution < -0.4 is 5.32 Å². The van der Waals surface area contributed by atoms with Crippen LogP contribution in [-0.2, 0) is 30.6 Å². The number of rotatable bonds is 9. The summed E-state index contributed by atoms with van der Waals surface area (Å²) >= 11 is 2.31. The molecule has 56 heavy (non-hydrogen) atoms. The molecular formula is C44H44IN5O6. The van der Waals surface area contributed by atoms with Gasteiger partial charge < -0.3 is 20.0 Å². The third-order valence-electron chi connectivity index (χ3n) is 11.8. The van der Waals surface area contributed by atoms with Crippen molar-refractivity contribution in [3.8, 4) is 0 Å². The minimum atomic E-state index is -0.650. The van der Waals surface area contributed by atoms with Crippen molar-refractivity contribution in [2.45, 2.75) is 92.8 Å². The zero-order valence-electron chi connectivity index (χ0n) is 32.4. The molecule has 1 aromatic carbocycles. The molecule has 3 atom stereocenters. The van der Waals surface area contributed by atoms with E-state index in [9.17, 15) is 19.5 Å². The molecule has 0 aromatic heterocycles. The number of hydrogen-bond donors (Lipinski definition) is 2. The van der Waals surface area contributed by atoms with Gasteiger partial charge in [-0.1, -0.05) is 26.0 Å². The van der Waals surface area contributed by atoms with Crippen molar-refractivity contribution in [1.82, 2.24) is 10.4 Å². The van der Waals surface area contributed by atoms with Crippen molar-refractivity contribution < 1.29 is 29.1 Å². The Labute approximate surface area is 339 Å². The van der Waals surface area contributed by atoms with Gasteiger partial charge in [-0.15, -0.1) is 5.06 Å². The van der Waals surface area contributed by atoms with E-state index in [2.05, 4.69) is 92.9 Å². The van der Waals surface area contributed by atoms with E-state index in [-0.39, 0.29) is 43.0 Å². The molecule has 2 N–H and O–H groups in total. The summed E-state index contributed by atoms with van der Waals surface area (Å²) in [6.45, 7) is 12.9. The van der Waals surface area contributed by atoms with Gasteiger partial charge in [0.15, 0.2) is 0 Å². The molecule has 7 aliphatic rings. The topological polar surface area (TPSA) is 142 Å². The lowest BCUT2D eigenvalue weighted by atomic mass is 9.86. The van der Waals surface area contributed by atoms with Crippen LogP contribution in [0, 0.1) is 15.4 Å². The highest BCUT2D eigenvalue weighted by molar-refractivity contribution is 14.1. The maximum absolute atomic E-state index is 13.1. The summed E-state index contributed by atoms with van der Waals surface area (Å²) < 4.78 is 7.69. The molecule has 288 valence electrons. The molecule has 0 saturated carbocycles. The van der Waals surface area contributed by atoms with Gasteiger partial charge in [-0.25, -0.2) is 19.8 Å². The second kappa shape index (κ2) is 14.8. The fourth-order valence-electron chi connectivity index (χ4n) is 8.65. The van der Waals surface area contributed by atoms with Gasteiger partial charge in [0.1, 0.15) is 5.76 Å². The van der Waals surface area contributed by atoms with Gasteiger partial charge in [0.05, 0.1) is 46.9 Å². The van der Waals surface area contributed by atoms with Crippen molar-refractivity contribution in [2.24, 2.45) is 26.8 Å². The molecule has 0 radical (unpaired) electrons. The fourth-order valence-corrected chi connectivity index (χ4v) is 9.26. The predicted molar refractivity (Wildman–Crippen MR) is 222 cm³/mol. The molecule has 2 amide bonds.